The summed E-state index contributed by atoms with van der Waals surface area (Å²) in [5.41, 5.74) is -0.664. The van der Waals surface area contributed by atoms with Gasteiger partial charge in [0.05, 0.1) is 12.1 Å². The van der Waals surface area contributed by atoms with Crippen LogP contribution in [-0.4, -0.2) is 46.3 Å². The predicted molar refractivity (Wildman–Crippen MR) is 66.9 cm³/mol. The number of carboxylic acids is 1. The molecule has 0 bridgehead atoms. The predicted octanol–water partition coefficient (Wildman–Crippen LogP) is 1.72. The Morgan fingerprint density at radius 1 is 1.29 bits per heavy atom. The fourth-order valence-corrected chi connectivity index (χ4v) is 2.68. The van der Waals surface area contributed by atoms with Crippen molar-refractivity contribution >= 4 is 5.97 Å². The van der Waals surface area contributed by atoms with Crippen molar-refractivity contribution in [1.82, 2.24) is 4.90 Å². The average Bonchev–Trinajstić information content (AvgIpc) is 2.15. The minimum absolute atomic E-state index is 0.0283. The van der Waals surface area contributed by atoms with E-state index in [2.05, 4.69) is 13.8 Å². The van der Waals surface area contributed by atoms with Crippen LogP contribution in [0.25, 0.3) is 0 Å². The zero-order valence-electron chi connectivity index (χ0n) is 11.0. The molecular weight excluding hydrogens is 218 g/mol. The maximum absolute atomic E-state index is 10.8. The summed E-state index contributed by atoms with van der Waals surface area (Å²) in [7, 11) is 0. The minimum atomic E-state index is -0.815. The van der Waals surface area contributed by atoms with Crippen molar-refractivity contribution in [2.24, 2.45) is 5.92 Å². The van der Waals surface area contributed by atoms with E-state index in [9.17, 15) is 9.90 Å². The number of aliphatic carboxylic acids is 1. The summed E-state index contributed by atoms with van der Waals surface area (Å²) in [6, 6.07) is 0. The van der Waals surface area contributed by atoms with Crippen LogP contribution in [0.2, 0.25) is 0 Å². The first-order valence-electron chi connectivity index (χ1n) is 6.58. The summed E-state index contributed by atoms with van der Waals surface area (Å²) in [5, 5.41) is 19.3. The lowest BCUT2D eigenvalue weighted by Crippen LogP contribution is -2.47. The van der Waals surface area contributed by atoms with E-state index in [1.54, 1.807) is 0 Å². The maximum atomic E-state index is 10.8. The Bertz CT molecular complexity index is 247. The molecule has 0 unspecified atom stereocenters. The van der Waals surface area contributed by atoms with E-state index in [0.29, 0.717) is 12.5 Å². The van der Waals surface area contributed by atoms with Crippen LogP contribution in [0.15, 0.2) is 0 Å². The molecule has 1 saturated carbocycles. The third-order valence-electron chi connectivity index (χ3n) is 3.28. The van der Waals surface area contributed by atoms with Gasteiger partial charge >= 0.3 is 5.97 Å². The van der Waals surface area contributed by atoms with E-state index in [4.69, 9.17) is 5.11 Å². The van der Waals surface area contributed by atoms with Crippen LogP contribution in [0.3, 0.4) is 0 Å². The van der Waals surface area contributed by atoms with Crippen LogP contribution in [0.4, 0.5) is 0 Å². The second-order valence-electron chi connectivity index (χ2n) is 5.74. The minimum Gasteiger partial charge on any atom is -0.480 e. The molecule has 4 nitrogen and oxygen atoms in total. The first-order chi connectivity index (χ1) is 7.91. The fraction of sp³-hybridized carbons (Fsp3) is 0.923. The van der Waals surface area contributed by atoms with Crippen LogP contribution in [0, 0.1) is 5.92 Å². The van der Waals surface area contributed by atoms with Gasteiger partial charge in [-0.25, -0.2) is 0 Å². The monoisotopic (exact) mass is 243 g/mol. The molecule has 1 aliphatic carbocycles. The topological polar surface area (TPSA) is 60.8 Å². The molecule has 0 aromatic heterocycles. The molecule has 0 amide bonds. The molecule has 100 valence electrons. The summed E-state index contributed by atoms with van der Waals surface area (Å²) < 4.78 is 0. The van der Waals surface area contributed by atoms with E-state index in [0.717, 1.165) is 32.2 Å². The average molecular weight is 243 g/mol. The number of rotatable bonds is 6. The zero-order valence-corrected chi connectivity index (χ0v) is 11.0. The third-order valence-corrected chi connectivity index (χ3v) is 3.28. The molecular formula is C13H25NO3. The SMILES string of the molecule is CC(C)CN(CC(=O)O)CC1(O)CCCCC1. The Morgan fingerprint density at radius 3 is 2.35 bits per heavy atom. The Labute approximate surface area is 104 Å². The number of hydrogen-bond acceptors (Lipinski definition) is 3. The number of carbonyl (C=O) groups is 1. The highest BCUT2D eigenvalue weighted by atomic mass is 16.4. The first kappa shape index (κ1) is 14.5. The quantitative estimate of drug-likeness (QED) is 0.746. The number of nitrogens with zero attached hydrogens (tertiary/aromatic N) is 1. The van der Waals surface area contributed by atoms with Gasteiger partial charge in [-0.15, -0.1) is 0 Å². The highest BCUT2D eigenvalue weighted by molar-refractivity contribution is 5.69. The molecule has 1 aliphatic rings. The molecule has 0 saturated heterocycles. The van der Waals surface area contributed by atoms with Gasteiger partial charge in [0.1, 0.15) is 0 Å². The number of carboxylic acid groups (broad SMARTS) is 1. The van der Waals surface area contributed by atoms with Gasteiger partial charge in [0, 0.05) is 13.1 Å². The molecule has 0 heterocycles. The Hall–Kier alpha value is -0.610. The molecule has 0 atom stereocenters. The molecule has 4 heteroatoms. The fourth-order valence-electron chi connectivity index (χ4n) is 2.68. The van der Waals surface area contributed by atoms with Crippen LogP contribution >= 0.6 is 0 Å². The van der Waals surface area contributed by atoms with Gasteiger partial charge in [-0.2, -0.15) is 0 Å². The van der Waals surface area contributed by atoms with E-state index in [1.165, 1.54) is 6.42 Å². The summed E-state index contributed by atoms with van der Waals surface area (Å²) in [6.07, 6.45) is 4.91. The maximum Gasteiger partial charge on any atom is 0.317 e. The van der Waals surface area contributed by atoms with Gasteiger partial charge in [-0.3, -0.25) is 9.69 Å². The van der Waals surface area contributed by atoms with Crippen molar-refractivity contribution in [3.63, 3.8) is 0 Å². The Kier molecular flexibility index (Phi) is 5.40. The highest BCUT2D eigenvalue weighted by Crippen LogP contribution is 2.28. The van der Waals surface area contributed by atoms with Gasteiger partial charge < -0.3 is 10.2 Å². The Balaban J connectivity index is 2.53. The van der Waals surface area contributed by atoms with Crippen molar-refractivity contribution in [2.45, 2.75) is 51.6 Å². The highest BCUT2D eigenvalue weighted by Gasteiger charge is 2.31. The molecule has 0 aromatic rings. The zero-order chi connectivity index (χ0) is 12.9. The number of aliphatic hydroxyl groups is 1. The van der Waals surface area contributed by atoms with Gasteiger partial charge in [0.25, 0.3) is 0 Å². The summed E-state index contributed by atoms with van der Waals surface area (Å²) in [6.45, 7) is 5.39. The standard InChI is InChI=1S/C13H25NO3/c1-11(2)8-14(9-12(15)16)10-13(17)6-4-3-5-7-13/h11,17H,3-10H2,1-2H3,(H,15,16). The van der Waals surface area contributed by atoms with E-state index in [1.807, 2.05) is 4.90 Å². The second-order valence-corrected chi connectivity index (χ2v) is 5.74. The van der Waals surface area contributed by atoms with Gasteiger partial charge in [-0.05, 0) is 18.8 Å². The summed E-state index contributed by atoms with van der Waals surface area (Å²) >= 11 is 0. The molecule has 0 spiro atoms. The molecule has 2 N–H and O–H groups in total. The summed E-state index contributed by atoms with van der Waals surface area (Å²) in [5.74, 6) is -0.397. The van der Waals surface area contributed by atoms with Crippen molar-refractivity contribution in [2.75, 3.05) is 19.6 Å². The Morgan fingerprint density at radius 2 is 1.88 bits per heavy atom. The molecule has 0 radical (unpaired) electrons. The van der Waals surface area contributed by atoms with Crippen LogP contribution in [-0.2, 0) is 4.79 Å². The first-order valence-corrected chi connectivity index (χ1v) is 6.58. The van der Waals surface area contributed by atoms with Crippen LogP contribution in [0.1, 0.15) is 46.0 Å². The van der Waals surface area contributed by atoms with E-state index < -0.39 is 11.6 Å². The third kappa shape index (κ3) is 5.50. The van der Waals surface area contributed by atoms with Crippen molar-refractivity contribution in [1.29, 1.82) is 0 Å². The molecule has 0 aromatic carbocycles. The van der Waals surface area contributed by atoms with Gasteiger partial charge in [0.15, 0.2) is 0 Å². The van der Waals surface area contributed by atoms with Crippen molar-refractivity contribution in [3.05, 3.63) is 0 Å². The lowest BCUT2D eigenvalue weighted by molar-refractivity contribution is -0.139. The molecule has 17 heavy (non-hydrogen) atoms. The van der Waals surface area contributed by atoms with Crippen LogP contribution < -0.4 is 0 Å². The normalized spacial score (nSPS) is 19.8. The molecule has 1 fully saturated rings. The lowest BCUT2D eigenvalue weighted by Gasteiger charge is -2.37. The van der Waals surface area contributed by atoms with Crippen LogP contribution in [0.5, 0.6) is 0 Å². The van der Waals surface area contributed by atoms with Crippen molar-refractivity contribution < 1.29 is 15.0 Å². The summed E-state index contributed by atoms with van der Waals surface area (Å²) in [4.78, 5) is 12.7. The smallest absolute Gasteiger partial charge is 0.317 e. The molecule has 1 rings (SSSR count). The second kappa shape index (κ2) is 6.36. The van der Waals surface area contributed by atoms with E-state index >= 15 is 0 Å². The largest absolute Gasteiger partial charge is 0.480 e. The van der Waals surface area contributed by atoms with Gasteiger partial charge in [-0.1, -0.05) is 33.1 Å². The van der Waals surface area contributed by atoms with Gasteiger partial charge in [0.2, 0.25) is 0 Å². The van der Waals surface area contributed by atoms with Crippen molar-refractivity contribution in [3.8, 4) is 0 Å². The number of hydrogen-bond donors (Lipinski definition) is 2. The van der Waals surface area contributed by atoms with E-state index in [-0.39, 0.29) is 6.54 Å². The lowest BCUT2D eigenvalue weighted by atomic mass is 9.84. The molecule has 0 aliphatic heterocycles.